The van der Waals surface area contributed by atoms with E-state index in [4.69, 9.17) is 0 Å². The third kappa shape index (κ3) is 3.23. The van der Waals surface area contributed by atoms with Gasteiger partial charge in [0.25, 0.3) is 0 Å². The normalized spacial score (nSPS) is 10.5. The lowest BCUT2D eigenvalue weighted by Gasteiger charge is -2.07. The maximum Gasteiger partial charge on any atom is 0.115 e. The Labute approximate surface area is 110 Å². The van der Waals surface area contributed by atoms with Gasteiger partial charge in [0.2, 0.25) is 0 Å². The molecule has 0 aliphatic carbocycles. The second-order valence-electron chi connectivity index (χ2n) is 3.61. The van der Waals surface area contributed by atoms with Gasteiger partial charge in [-0.1, -0.05) is 6.07 Å². The molecule has 0 N–H and O–H groups in total. The zero-order chi connectivity index (χ0) is 12.1. The summed E-state index contributed by atoms with van der Waals surface area (Å²) in [6.07, 6.45) is 10.4. The number of hydrogen-bond acceptors (Lipinski definition) is 4. The molecule has 0 saturated carbocycles. The Morgan fingerprint density at radius 2 is 1.65 bits per heavy atom. The van der Waals surface area contributed by atoms with Crippen LogP contribution in [0.5, 0.6) is 0 Å². The predicted octanol–water partition coefficient (Wildman–Crippen LogP) is 3.51. The molecule has 2 aromatic rings. The van der Waals surface area contributed by atoms with Gasteiger partial charge >= 0.3 is 0 Å². The molecule has 1 aromatic heterocycles. The van der Waals surface area contributed by atoms with E-state index in [0.29, 0.717) is 0 Å². The molecule has 0 atom stereocenters. The third-order valence-electron chi connectivity index (χ3n) is 2.47. The molecule has 88 valence electrons. The van der Waals surface area contributed by atoms with Crippen molar-refractivity contribution in [3.05, 3.63) is 48.0 Å². The lowest BCUT2D eigenvalue weighted by molar-refractivity contribution is 1.06. The van der Waals surface area contributed by atoms with Gasteiger partial charge in [0.15, 0.2) is 0 Å². The van der Waals surface area contributed by atoms with E-state index in [2.05, 4.69) is 40.7 Å². The molecule has 0 aliphatic rings. The molecule has 0 bridgehead atoms. The summed E-state index contributed by atoms with van der Waals surface area (Å²) in [5.41, 5.74) is 2.46. The van der Waals surface area contributed by atoms with Crippen LogP contribution in [0.25, 0.3) is 0 Å². The van der Waals surface area contributed by atoms with Crippen LogP contribution in [0.1, 0.15) is 11.1 Å². The summed E-state index contributed by atoms with van der Waals surface area (Å²) in [4.78, 5) is 10.8. The van der Waals surface area contributed by atoms with E-state index in [9.17, 15) is 0 Å². The number of benzene rings is 1. The summed E-state index contributed by atoms with van der Waals surface area (Å²) in [5.74, 6) is 0. The molecule has 17 heavy (non-hydrogen) atoms. The fraction of sp³-hybridized carbons (Fsp3) is 0.231. The Morgan fingerprint density at radius 1 is 0.941 bits per heavy atom. The fourth-order valence-electron chi connectivity index (χ4n) is 1.65. The van der Waals surface area contributed by atoms with Gasteiger partial charge in [0.1, 0.15) is 6.33 Å². The van der Waals surface area contributed by atoms with Crippen LogP contribution in [0.2, 0.25) is 0 Å². The molecule has 0 radical (unpaired) electrons. The second kappa shape index (κ2) is 6.07. The first-order valence-corrected chi connectivity index (χ1v) is 7.73. The van der Waals surface area contributed by atoms with Gasteiger partial charge in [-0.3, -0.25) is 0 Å². The van der Waals surface area contributed by atoms with Crippen LogP contribution in [0.15, 0.2) is 46.7 Å². The average molecular weight is 262 g/mol. The molecule has 4 heteroatoms. The molecule has 0 unspecified atom stereocenters. The van der Waals surface area contributed by atoms with Gasteiger partial charge in [0, 0.05) is 28.6 Å². The smallest absolute Gasteiger partial charge is 0.115 e. The van der Waals surface area contributed by atoms with Crippen LogP contribution in [0.4, 0.5) is 0 Å². The predicted molar refractivity (Wildman–Crippen MR) is 74.8 cm³/mol. The van der Waals surface area contributed by atoms with E-state index < -0.39 is 0 Å². The standard InChI is InChI=1S/C13H14N2S2/c1-16-12-4-3-10(6-13(12)17-2)5-11-7-14-9-15-8-11/h3-4,6-9H,5H2,1-2H3. The Hall–Kier alpha value is -1.00. The quantitative estimate of drug-likeness (QED) is 0.788. The molecule has 0 fully saturated rings. The SMILES string of the molecule is CSc1ccc(Cc2cncnc2)cc1SC. The fourth-order valence-corrected chi connectivity index (χ4v) is 3.15. The number of rotatable bonds is 4. The average Bonchev–Trinajstić information content (AvgIpc) is 2.40. The minimum atomic E-state index is 0.892. The minimum Gasteiger partial charge on any atom is -0.245 e. The molecule has 0 saturated heterocycles. The monoisotopic (exact) mass is 262 g/mol. The van der Waals surface area contributed by atoms with E-state index in [1.807, 2.05) is 12.4 Å². The van der Waals surface area contributed by atoms with Crippen molar-refractivity contribution in [1.29, 1.82) is 0 Å². The topological polar surface area (TPSA) is 25.8 Å². The lowest BCUT2D eigenvalue weighted by Crippen LogP contribution is -1.91. The van der Waals surface area contributed by atoms with Crippen LogP contribution in [-0.2, 0) is 6.42 Å². The van der Waals surface area contributed by atoms with E-state index in [1.54, 1.807) is 29.9 Å². The van der Waals surface area contributed by atoms with Crippen LogP contribution in [0.3, 0.4) is 0 Å². The Balaban J connectivity index is 2.22. The highest BCUT2D eigenvalue weighted by Gasteiger charge is 2.03. The highest BCUT2D eigenvalue weighted by atomic mass is 32.2. The maximum absolute atomic E-state index is 4.04. The van der Waals surface area contributed by atoms with E-state index in [0.717, 1.165) is 12.0 Å². The van der Waals surface area contributed by atoms with Crippen molar-refractivity contribution >= 4 is 23.5 Å². The summed E-state index contributed by atoms with van der Waals surface area (Å²) in [7, 11) is 0. The zero-order valence-electron chi connectivity index (χ0n) is 9.88. The van der Waals surface area contributed by atoms with Gasteiger partial charge in [0.05, 0.1) is 0 Å². The largest absolute Gasteiger partial charge is 0.245 e. The van der Waals surface area contributed by atoms with Crippen molar-refractivity contribution in [3.63, 3.8) is 0 Å². The van der Waals surface area contributed by atoms with Crippen molar-refractivity contribution in [1.82, 2.24) is 9.97 Å². The van der Waals surface area contributed by atoms with Crippen molar-refractivity contribution < 1.29 is 0 Å². The molecular formula is C13H14N2S2. The summed E-state index contributed by atoms with van der Waals surface area (Å²) in [6.45, 7) is 0. The summed E-state index contributed by atoms with van der Waals surface area (Å²) in [6, 6.07) is 6.62. The van der Waals surface area contributed by atoms with Crippen molar-refractivity contribution in [2.24, 2.45) is 0 Å². The molecule has 0 aliphatic heterocycles. The third-order valence-corrected chi connectivity index (χ3v) is 4.17. The Morgan fingerprint density at radius 3 is 2.29 bits per heavy atom. The minimum absolute atomic E-state index is 0.892. The molecule has 0 spiro atoms. The van der Waals surface area contributed by atoms with E-state index >= 15 is 0 Å². The first kappa shape index (κ1) is 12.5. The summed E-state index contributed by atoms with van der Waals surface area (Å²) < 4.78 is 0. The van der Waals surface area contributed by atoms with Crippen molar-refractivity contribution in [2.45, 2.75) is 16.2 Å². The van der Waals surface area contributed by atoms with Crippen molar-refractivity contribution in [3.8, 4) is 0 Å². The second-order valence-corrected chi connectivity index (χ2v) is 5.31. The number of thioether (sulfide) groups is 2. The van der Waals surface area contributed by atoms with Crippen LogP contribution < -0.4 is 0 Å². The number of nitrogens with zero attached hydrogens (tertiary/aromatic N) is 2. The zero-order valence-corrected chi connectivity index (χ0v) is 11.5. The van der Waals surface area contributed by atoms with Crippen LogP contribution in [0, 0.1) is 0 Å². The highest BCUT2D eigenvalue weighted by Crippen LogP contribution is 2.29. The van der Waals surface area contributed by atoms with Gasteiger partial charge < -0.3 is 0 Å². The molecule has 1 heterocycles. The van der Waals surface area contributed by atoms with Crippen LogP contribution in [-0.4, -0.2) is 22.5 Å². The lowest BCUT2D eigenvalue weighted by atomic mass is 10.1. The number of hydrogen-bond donors (Lipinski definition) is 0. The van der Waals surface area contributed by atoms with Gasteiger partial charge in [-0.25, -0.2) is 9.97 Å². The highest BCUT2D eigenvalue weighted by molar-refractivity contribution is 8.01. The van der Waals surface area contributed by atoms with Crippen LogP contribution >= 0.6 is 23.5 Å². The van der Waals surface area contributed by atoms with Crippen molar-refractivity contribution in [2.75, 3.05) is 12.5 Å². The molecule has 2 nitrogen and oxygen atoms in total. The molecule has 1 aromatic carbocycles. The van der Waals surface area contributed by atoms with Gasteiger partial charge in [-0.15, -0.1) is 23.5 Å². The van der Waals surface area contributed by atoms with E-state index in [1.165, 1.54) is 15.4 Å². The Kier molecular flexibility index (Phi) is 4.45. The summed E-state index contributed by atoms with van der Waals surface area (Å²) >= 11 is 3.58. The molecular weight excluding hydrogens is 248 g/mol. The van der Waals surface area contributed by atoms with E-state index in [-0.39, 0.29) is 0 Å². The first-order chi connectivity index (χ1) is 8.33. The first-order valence-electron chi connectivity index (χ1n) is 5.28. The molecule has 2 rings (SSSR count). The maximum atomic E-state index is 4.04. The Bertz CT molecular complexity index is 486. The summed E-state index contributed by atoms with van der Waals surface area (Å²) in [5, 5.41) is 0. The van der Waals surface area contributed by atoms with Gasteiger partial charge in [-0.2, -0.15) is 0 Å². The number of aromatic nitrogens is 2. The van der Waals surface area contributed by atoms with Gasteiger partial charge in [-0.05, 0) is 35.8 Å². The molecule has 0 amide bonds.